The molecule has 1 aliphatic rings. The van der Waals surface area contributed by atoms with Gasteiger partial charge < -0.3 is 10.1 Å². The molecular formula is C20H23Cl2N3O4S. The second kappa shape index (κ2) is 10.1. The van der Waals surface area contributed by atoms with Gasteiger partial charge in [0, 0.05) is 26.2 Å². The lowest BCUT2D eigenvalue weighted by molar-refractivity contribution is -0.121. The van der Waals surface area contributed by atoms with E-state index in [0.717, 1.165) is 12.1 Å². The molecule has 1 atom stereocenters. The molecule has 7 nitrogen and oxygen atoms in total. The predicted octanol–water partition coefficient (Wildman–Crippen LogP) is 2.20. The van der Waals surface area contributed by atoms with Gasteiger partial charge in [0.15, 0.2) is 0 Å². The molecule has 3 N–H and O–H groups in total. The Balaban J connectivity index is 1.49. The zero-order valence-corrected chi connectivity index (χ0v) is 18.5. The van der Waals surface area contributed by atoms with Crippen LogP contribution in [0.1, 0.15) is 11.1 Å². The molecule has 1 saturated heterocycles. The molecule has 2 aromatic rings. The van der Waals surface area contributed by atoms with Crippen LogP contribution in [0.15, 0.2) is 47.4 Å². The van der Waals surface area contributed by atoms with Gasteiger partial charge in [0.1, 0.15) is 0 Å². The molecule has 2 aromatic carbocycles. The molecule has 1 amide bonds. The van der Waals surface area contributed by atoms with Crippen molar-refractivity contribution in [3.8, 4) is 0 Å². The number of primary sulfonamides is 1. The largest absolute Gasteiger partial charge is 0.374 e. The Hall–Kier alpha value is -1.68. The van der Waals surface area contributed by atoms with Gasteiger partial charge in [0.25, 0.3) is 0 Å². The number of hydrogen-bond acceptors (Lipinski definition) is 5. The molecule has 162 valence electrons. The molecule has 0 radical (unpaired) electrons. The lowest BCUT2D eigenvalue weighted by atomic mass is 10.1. The van der Waals surface area contributed by atoms with Crippen molar-refractivity contribution >= 4 is 39.1 Å². The highest BCUT2D eigenvalue weighted by atomic mass is 35.5. The molecule has 0 unspecified atom stereocenters. The summed E-state index contributed by atoms with van der Waals surface area (Å²) in [6, 6.07) is 11.6. The Kier molecular flexibility index (Phi) is 7.73. The number of benzene rings is 2. The van der Waals surface area contributed by atoms with Gasteiger partial charge in [-0.15, -0.1) is 0 Å². The van der Waals surface area contributed by atoms with Crippen LogP contribution < -0.4 is 10.5 Å². The third-order valence-corrected chi connectivity index (χ3v) is 6.38. The van der Waals surface area contributed by atoms with Gasteiger partial charge in [-0.2, -0.15) is 0 Å². The maximum absolute atomic E-state index is 12.3. The van der Waals surface area contributed by atoms with Crippen molar-refractivity contribution in [1.82, 2.24) is 10.2 Å². The predicted molar refractivity (Wildman–Crippen MR) is 116 cm³/mol. The molecule has 1 heterocycles. The first-order valence-electron chi connectivity index (χ1n) is 9.37. The van der Waals surface area contributed by atoms with Crippen LogP contribution in [0.4, 0.5) is 0 Å². The van der Waals surface area contributed by atoms with Crippen molar-refractivity contribution in [1.29, 1.82) is 0 Å². The van der Waals surface area contributed by atoms with E-state index in [4.69, 9.17) is 33.1 Å². The van der Waals surface area contributed by atoms with Crippen molar-refractivity contribution < 1.29 is 17.9 Å². The standard InChI is InChI=1S/C20H23Cl2N3O4S/c21-18-5-4-15(9-19(18)22)12-25-6-7-29-16(13-25)11-24-20(26)10-14-2-1-3-17(8-14)30(23,27)28/h1-5,8-9,16H,6-7,10-13H2,(H,24,26)(H2,23,27,28)/t16-/m0/s1. The van der Waals surface area contributed by atoms with E-state index in [1.807, 2.05) is 12.1 Å². The van der Waals surface area contributed by atoms with Gasteiger partial charge in [-0.1, -0.05) is 41.4 Å². The van der Waals surface area contributed by atoms with E-state index >= 15 is 0 Å². The number of carbonyl (C=O) groups excluding carboxylic acids is 1. The number of sulfonamides is 1. The number of hydrogen-bond donors (Lipinski definition) is 2. The molecule has 3 rings (SSSR count). The van der Waals surface area contributed by atoms with E-state index in [1.54, 1.807) is 18.2 Å². The van der Waals surface area contributed by atoms with Gasteiger partial charge in [-0.3, -0.25) is 9.69 Å². The second-order valence-corrected chi connectivity index (χ2v) is 9.53. The Morgan fingerprint density at radius 2 is 1.97 bits per heavy atom. The van der Waals surface area contributed by atoms with E-state index < -0.39 is 10.0 Å². The van der Waals surface area contributed by atoms with Crippen molar-refractivity contribution in [2.45, 2.75) is 24.0 Å². The molecule has 0 aliphatic carbocycles. The van der Waals surface area contributed by atoms with E-state index in [9.17, 15) is 13.2 Å². The van der Waals surface area contributed by atoms with Crippen LogP contribution in [0.2, 0.25) is 10.0 Å². The molecular weight excluding hydrogens is 449 g/mol. The summed E-state index contributed by atoms with van der Waals surface area (Å²) < 4.78 is 28.6. The van der Waals surface area contributed by atoms with E-state index in [1.165, 1.54) is 12.1 Å². The summed E-state index contributed by atoms with van der Waals surface area (Å²) in [5.74, 6) is -0.216. The van der Waals surface area contributed by atoms with E-state index in [0.29, 0.717) is 41.8 Å². The Morgan fingerprint density at radius 1 is 1.17 bits per heavy atom. The number of nitrogens with two attached hydrogens (primary N) is 1. The van der Waals surface area contributed by atoms with Crippen LogP contribution in [0.5, 0.6) is 0 Å². The first-order valence-corrected chi connectivity index (χ1v) is 11.7. The fourth-order valence-corrected chi connectivity index (χ4v) is 4.16. The summed E-state index contributed by atoms with van der Waals surface area (Å²) in [5, 5.41) is 9.03. The van der Waals surface area contributed by atoms with Crippen LogP contribution in [0, 0.1) is 0 Å². The van der Waals surface area contributed by atoms with Crippen LogP contribution in [0.25, 0.3) is 0 Å². The number of nitrogens with zero attached hydrogens (tertiary/aromatic N) is 1. The van der Waals surface area contributed by atoms with Gasteiger partial charge in [-0.05, 0) is 35.4 Å². The molecule has 0 saturated carbocycles. The topological polar surface area (TPSA) is 102 Å². The summed E-state index contributed by atoms with van der Waals surface area (Å²) in [7, 11) is -3.80. The highest BCUT2D eigenvalue weighted by Crippen LogP contribution is 2.23. The Morgan fingerprint density at radius 3 is 2.70 bits per heavy atom. The molecule has 30 heavy (non-hydrogen) atoms. The zero-order valence-electron chi connectivity index (χ0n) is 16.2. The number of ether oxygens (including phenoxy) is 1. The highest BCUT2D eigenvalue weighted by Gasteiger charge is 2.21. The van der Waals surface area contributed by atoms with Crippen molar-refractivity contribution in [2.75, 3.05) is 26.2 Å². The van der Waals surface area contributed by atoms with E-state index in [2.05, 4.69) is 10.2 Å². The zero-order chi connectivity index (χ0) is 21.7. The maximum atomic E-state index is 12.3. The first kappa shape index (κ1) is 23.0. The third kappa shape index (κ3) is 6.66. The minimum absolute atomic E-state index is 0.0126. The quantitative estimate of drug-likeness (QED) is 0.644. The summed E-state index contributed by atoms with van der Waals surface area (Å²) >= 11 is 12.0. The lowest BCUT2D eigenvalue weighted by Crippen LogP contribution is -2.47. The third-order valence-electron chi connectivity index (χ3n) is 4.73. The molecule has 1 aliphatic heterocycles. The van der Waals surface area contributed by atoms with E-state index in [-0.39, 0.29) is 23.3 Å². The van der Waals surface area contributed by atoms with Crippen LogP contribution in [0.3, 0.4) is 0 Å². The minimum atomic E-state index is -3.80. The molecule has 0 spiro atoms. The fourth-order valence-electron chi connectivity index (χ4n) is 3.25. The summed E-state index contributed by atoms with van der Waals surface area (Å²) in [4.78, 5) is 14.5. The fraction of sp³-hybridized carbons (Fsp3) is 0.350. The normalized spacial score (nSPS) is 17.6. The molecule has 0 bridgehead atoms. The molecule has 1 fully saturated rings. The Bertz CT molecular complexity index is 1020. The minimum Gasteiger partial charge on any atom is -0.374 e. The number of morpholine rings is 1. The molecule has 10 heteroatoms. The summed E-state index contributed by atoms with van der Waals surface area (Å²) in [5.41, 5.74) is 1.63. The van der Waals surface area contributed by atoms with Gasteiger partial charge in [0.2, 0.25) is 15.9 Å². The number of amides is 1. The first-order chi connectivity index (χ1) is 14.2. The SMILES string of the molecule is NS(=O)(=O)c1cccc(CC(=O)NC[C@H]2CN(Cc3ccc(Cl)c(Cl)c3)CCO2)c1. The summed E-state index contributed by atoms with van der Waals surface area (Å²) in [6.45, 7) is 3.10. The average Bonchev–Trinajstić information content (AvgIpc) is 2.69. The number of halogens is 2. The van der Waals surface area contributed by atoms with Crippen LogP contribution in [-0.4, -0.2) is 51.6 Å². The van der Waals surface area contributed by atoms with Crippen LogP contribution >= 0.6 is 23.2 Å². The monoisotopic (exact) mass is 471 g/mol. The number of rotatable bonds is 7. The van der Waals surface area contributed by atoms with Gasteiger partial charge in [-0.25, -0.2) is 13.6 Å². The van der Waals surface area contributed by atoms with Gasteiger partial charge >= 0.3 is 0 Å². The maximum Gasteiger partial charge on any atom is 0.238 e. The summed E-state index contributed by atoms with van der Waals surface area (Å²) in [6.07, 6.45) is -0.0792. The Labute approximate surface area is 186 Å². The average molecular weight is 472 g/mol. The number of carbonyl (C=O) groups is 1. The molecule has 0 aromatic heterocycles. The number of nitrogens with one attached hydrogen (secondary N) is 1. The second-order valence-electron chi connectivity index (χ2n) is 7.15. The van der Waals surface area contributed by atoms with Crippen molar-refractivity contribution in [2.24, 2.45) is 5.14 Å². The van der Waals surface area contributed by atoms with Crippen molar-refractivity contribution in [3.63, 3.8) is 0 Å². The smallest absolute Gasteiger partial charge is 0.238 e. The highest BCUT2D eigenvalue weighted by molar-refractivity contribution is 7.89. The van der Waals surface area contributed by atoms with Gasteiger partial charge in [0.05, 0.1) is 34.1 Å². The van der Waals surface area contributed by atoms with Crippen molar-refractivity contribution in [3.05, 3.63) is 63.6 Å². The lowest BCUT2D eigenvalue weighted by Gasteiger charge is -2.33. The van der Waals surface area contributed by atoms with Crippen LogP contribution in [-0.2, 0) is 32.5 Å².